The van der Waals surface area contributed by atoms with Crippen LogP contribution in [0.2, 0.25) is 0 Å². The van der Waals surface area contributed by atoms with Gasteiger partial charge in [0.2, 0.25) is 11.8 Å². The molecule has 0 heterocycles. The Morgan fingerprint density at radius 2 is 1.07 bits per heavy atom. The van der Waals surface area contributed by atoms with E-state index in [1.807, 2.05) is 0 Å². The van der Waals surface area contributed by atoms with Crippen LogP contribution in [0.15, 0.2) is 25.3 Å². The van der Waals surface area contributed by atoms with Gasteiger partial charge < -0.3 is 28.7 Å². The van der Waals surface area contributed by atoms with Crippen molar-refractivity contribution >= 4 is 22.2 Å². The second-order valence-electron chi connectivity index (χ2n) is 7.35. The van der Waals surface area contributed by atoms with E-state index in [1.54, 1.807) is 0 Å². The lowest BCUT2D eigenvalue weighted by molar-refractivity contribution is -0.887. The van der Waals surface area contributed by atoms with E-state index in [0.717, 1.165) is 35.1 Å². The molecule has 0 unspecified atom stereocenters. The molecule has 10 nitrogen and oxygen atoms in total. The van der Waals surface area contributed by atoms with Crippen LogP contribution in [0, 0.1) is 0 Å². The van der Waals surface area contributed by atoms with E-state index in [-0.39, 0.29) is 11.8 Å². The highest BCUT2D eigenvalue weighted by Crippen LogP contribution is 1.93. The molecule has 0 spiro atoms. The number of hydrogen-bond donors (Lipinski definition) is 2. The molecule has 0 saturated heterocycles. The minimum atomic E-state index is -5.17. The lowest BCUT2D eigenvalue weighted by Crippen LogP contribution is -2.44. The summed E-state index contributed by atoms with van der Waals surface area (Å²) in [5, 5.41) is 5.50. The first-order valence-corrected chi connectivity index (χ1v) is 10.5. The summed E-state index contributed by atoms with van der Waals surface area (Å²) in [7, 11) is 3.39. The molecule has 0 aliphatic heterocycles. The fraction of sp³-hybridized carbons (Fsp3) is 0.667. The summed E-state index contributed by atoms with van der Waals surface area (Å²) in [6.45, 7) is 16.5. The average molecular weight is 439 g/mol. The predicted octanol–water partition coefficient (Wildman–Crippen LogP) is -0.568. The fourth-order valence-electron chi connectivity index (χ4n) is 1.42. The lowest BCUT2D eigenvalue weighted by atomic mass is 10.4. The Hall–Kier alpha value is -1.79. The zero-order valence-corrected chi connectivity index (χ0v) is 19.4. The molecule has 0 aromatic heterocycles. The Morgan fingerprint density at radius 3 is 1.24 bits per heavy atom. The van der Waals surface area contributed by atoms with Gasteiger partial charge in [-0.3, -0.25) is 18.0 Å². The minimum absolute atomic E-state index is 0.0916. The van der Waals surface area contributed by atoms with Crippen molar-refractivity contribution in [3.8, 4) is 0 Å². The SMILES string of the molecule is C=CC(=O)NCC[N+](C)(C)CC.C=CC(=O)NCC[N+](C)(C)CC.O=S(=O)([O-])[O-]. The van der Waals surface area contributed by atoms with Gasteiger partial charge in [0, 0.05) is 10.4 Å². The van der Waals surface area contributed by atoms with Gasteiger partial charge in [0.05, 0.1) is 67.5 Å². The maximum atomic E-state index is 10.7. The van der Waals surface area contributed by atoms with Crippen molar-refractivity contribution in [3.05, 3.63) is 25.3 Å². The van der Waals surface area contributed by atoms with Crippen LogP contribution in [0.4, 0.5) is 0 Å². The molecule has 0 rings (SSSR count). The highest BCUT2D eigenvalue weighted by molar-refractivity contribution is 7.79. The van der Waals surface area contributed by atoms with Crippen LogP contribution < -0.4 is 10.6 Å². The third-order valence-electron chi connectivity index (χ3n) is 4.12. The molecule has 11 heteroatoms. The molecule has 0 aromatic rings. The van der Waals surface area contributed by atoms with Crippen LogP contribution in [-0.4, -0.2) is 106 Å². The molecule has 172 valence electrons. The van der Waals surface area contributed by atoms with Gasteiger partial charge in [0.1, 0.15) is 0 Å². The number of rotatable bonds is 10. The summed E-state index contributed by atoms with van der Waals surface area (Å²) in [5.41, 5.74) is 0. The number of amides is 2. The molecule has 2 amide bonds. The van der Waals surface area contributed by atoms with Gasteiger partial charge in [-0.05, 0) is 26.0 Å². The van der Waals surface area contributed by atoms with Gasteiger partial charge in [-0.1, -0.05) is 13.2 Å². The summed E-state index contributed by atoms with van der Waals surface area (Å²) in [5.74, 6) is -0.183. The maximum Gasteiger partial charge on any atom is 0.243 e. The van der Waals surface area contributed by atoms with Crippen LogP contribution in [0.5, 0.6) is 0 Å². The second-order valence-corrected chi connectivity index (χ2v) is 8.17. The van der Waals surface area contributed by atoms with Gasteiger partial charge in [-0.2, -0.15) is 0 Å². The summed E-state index contributed by atoms with van der Waals surface area (Å²) in [6, 6.07) is 0. The quantitative estimate of drug-likeness (QED) is 0.203. The van der Waals surface area contributed by atoms with E-state index < -0.39 is 10.4 Å². The van der Waals surface area contributed by atoms with E-state index >= 15 is 0 Å². The highest BCUT2D eigenvalue weighted by atomic mass is 32.3. The van der Waals surface area contributed by atoms with Gasteiger partial charge in [-0.25, -0.2) is 0 Å². The van der Waals surface area contributed by atoms with Crippen LogP contribution in [0.25, 0.3) is 0 Å². The van der Waals surface area contributed by atoms with Gasteiger partial charge in [-0.15, -0.1) is 0 Å². The standard InChI is InChI=1S/2C9H18N2O.H2O4S/c2*1-5-9(12)10-7-8-11(3,4)6-2;1-5(2,3)4/h2*5H,1,6-8H2,2-4H3;(H2,1,2,3,4). The van der Waals surface area contributed by atoms with E-state index in [9.17, 15) is 9.59 Å². The molecule has 0 aromatic carbocycles. The summed E-state index contributed by atoms with van der Waals surface area (Å²) in [6.07, 6.45) is 2.60. The summed E-state index contributed by atoms with van der Waals surface area (Å²) < 4.78 is 35.9. The Balaban J connectivity index is -0.000000380. The van der Waals surface area contributed by atoms with Gasteiger partial charge in [0.25, 0.3) is 0 Å². The molecule has 0 fully saturated rings. The van der Waals surface area contributed by atoms with E-state index in [2.05, 4.69) is 65.8 Å². The van der Waals surface area contributed by atoms with Crippen molar-refractivity contribution in [2.24, 2.45) is 0 Å². The highest BCUT2D eigenvalue weighted by Gasteiger charge is 2.11. The van der Waals surface area contributed by atoms with Crippen molar-refractivity contribution in [1.82, 2.24) is 10.6 Å². The van der Waals surface area contributed by atoms with Crippen LogP contribution in [0.1, 0.15) is 13.8 Å². The van der Waals surface area contributed by atoms with E-state index in [4.69, 9.17) is 17.5 Å². The first-order chi connectivity index (χ1) is 13.0. The molecular weight excluding hydrogens is 400 g/mol. The molecule has 0 aliphatic carbocycles. The molecule has 0 aliphatic rings. The van der Waals surface area contributed by atoms with Crippen molar-refractivity contribution < 1.29 is 36.1 Å². The van der Waals surface area contributed by atoms with Crippen LogP contribution >= 0.6 is 0 Å². The number of nitrogens with one attached hydrogen (secondary N) is 2. The number of carbonyl (C=O) groups excluding carboxylic acids is 2. The zero-order valence-electron chi connectivity index (χ0n) is 18.6. The summed E-state index contributed by atoms with van der Waals surface area (Å²) >= 11 is 0. The number of nitrogens with zero attached hydrogens (tertiary/aromatic N) is 2. The van der Waals surface area contributed by atoms with Crippen molar-refractivity contribution in [2.75, 3.05) is 67.5 Å². The first kappa shape index (κ1) is 31.9. The first-order valence-electron chi connectivity index (χ1n) is 9.14. The minimum Gasteiger partial charge on any atom is -0.759 e. The predicted molar refractivity (Wildman–Crippen MR) is 112 cm³/mol. The molecule has 29 heavy (non-hydrogen) atoms. The number of hydrogen-bond acceptors (Lipinski definition) is 6. The average Bonchev–Trinajstić information content (AvgIpc) is 2.60. The molecule has 0 radical (unpaired) electrons. The third-order valence-corrected chi connectivity index (χ3v) is 4.12. The zero-order chi connectivity index (χ0) is 23.7. The number of carbonyl (C=O) groups is 2. The maximum absolute atomic E-state index is 10.7. The van der Waals surface area contributed by atoms with Crippen molar-refractivity contribution in [2.45, 2.75) is 13.8 Å². The second kappa shape index (κ2) is 16.1. The van der Waals surface area contributed by atoms with Crippen LogP contribution in [0.3, 0.4) is 0 Å². The Morgan fingerprint density at radius 1 is 0.828 bits per heavy atom. The largest absolute Gasteiger partial charge is 0.759 e. The normalized spacial score (nSPS) is 11.0. The number of likely N-dealkylation sites (N-methyl/N-ethyl adjacent to an activating group) is 2. The van der Waals surface area contributed by atoms with Crippen molar-refractivity contribution in [3.63, 3.8) is 0 Å². The Labute approximate surface area is 176 Å². The summed E-state index contributed by atoms with van der Waals surface area (Å²) in [4.78, 5) is 21.5. The Kier molecular flexibility index (Phi) is 17.7. The van der Waals surface area contributed by atoms with Gasteiger partial charge in [0.15, 0.2) is 0 Å². The molecule has 0 saturated carbocycles. The monoisotopic (exact) mass is 438 g/mol. The smallest absolute Gasteiger partial charge is 0.243 e. The molecular formula is C18H38N4O6S. The third kappa shape index (κ3) is 31.1. The van der Waals surface area contributed by atoms with Crippen molar-refractivity contribution in [1.29, 1.82) is 0 Å². The Bertz CT molecular complexity index is 557. The molecule has 0 atom stereocenters. The van der Waals surface area contributed by atoms with E-state index in [1.165, 1.54) is 12.2 Å². The van der Waals surface area contributed by atoms with Crippen LogP contribution in [-0.2, 0) is 20.0 Å². The van der Waals surface area contributed by atoms with E-state index in [0.29, 0.717) is 13.1 Å². The lowest BCUT2D eigenvalue weighted by Gasteiger charge is -2.27. The number of quaternary nitrogens is 2. The topological polar surface area (TPSA) is 138 Å². The molecule has 0 bridgehead atoms. The van der Waals surface area contributed by atoms with Gasteiger partial charge >= 0.3 is 0 Å². The molecule has 2 N–H and O–H groups in total. The fourth-order valence-corrected chi connectivity index (χ4v) is 1.42.